The van der Waals surface area contributed by atoms with Gasteiger partial charge in [-0.2, -0.15) is 0 Å². The summed E-state index contributed by atoms with van der Waals surface area (Å²) in [5, 5.41) is 8.98. The number of nitrogens with two attached hydrogens (primary N) is 5. The number of carbonyl (C=O) groups is 2. The zero-order chi connectivity index (χ0) is 26.1. The molecule has 2 unspecified atom stereocenters. The molecule has 196 valence electrons. The maximum atomic E-state index is 12.9. The van der Waals surface area contributed by atoms with Crippen LogP contribution in [0.5, 0.6) is 0 Å². The fourth-order valence-electron chi connectivity index (χ4n) is 3.38. The lowest BCUT2D eigenvalue weighted by atomic mass is 9.97. The van der Waals surface area contributed by atoms with Crippen LogP contribution in [0.4, 0.5) is 5.69 Å². The Labute approximate surface area is 208 Å². The molecule has 0 fully saturated rings. The molecule has 0 aliphatic carbocycles. The van der Waals surface area contributed by atoms with Gasteiger partial charge in [0, 0.05) is 30.8 Å². The number of nitrogens with zero attached hydrogens (tertiary/aromatic N) is 1. The van der Waals surface area contributed by atoms with Gasteiger partial charge in [-0.05, 0) is 63.4 Å². The summed E-state index contributed by atoms with van der Waals surface area (Å²) in [5.74, 6) is -0.737. The Hall–Kier alpha value is -3.15. The molecule has 0 saturated carbocycles. The fourth-order valence-corrected chi connectivity index (χ4v) is 3.38. The van der Waals surface area contributed by atoms with E-state index in [2.05, 4.69) is 27.5 Å². The van der Waals surface area contributed by atoms with Crippen molar-refractivity contribution in [3.05, 3.63) is 36.4 Å². The third-order valence-corrected chi connectivity index (χ3v) is 5.37. The molecule has 0 bridgehead atoms. The second-order valence-electron chi connectivity index (χ2n) is 8.40. The molecule has 0 aliphatic rings. The number of nitrogens with one attached hydrogen (secondary N) is 3. The number of benzene rings is 1. The molecule has 0 saturated heterocycles. The summed E-state index contributed by atoms with van der Waals surface area (Å²) in [4.78, 5) is 29.5. The van der Waals surface area contributed by atoms with Gasteiger partial charge in [-0.15, -0.1) is 0 Å². The van der Waals surface area contributed by atoms with Crippen LogP contribution in [0.15, 0.2) is 35.8 Å². The average molecular weight is 490 g/mol. The molecule has 2 amide bonds. The minimum absolute atomic E-state index is 0.00999. The molecule has 0 heterocycles. The molecular weight excluding hydrogens is 446 g/mol. The first kappa shape index (κ1) is 29.9. The van der Waals surface area contributed by atoms with E-state index >= 15 is 0 Å². The Morgan fingerprint density at radius 1 is 1.00 bits per heavy atom. The lowest BCUT2D eigenvalue weighted by molar-refractivity contribution is -0.129. The van der Waals surface area contributed by atoms with Crippen molar-refractivity contribution in [1.82, 2.24) is 16.0 Å². The number of amides is 2. The van der Waals surface area contributed by atoms with Crippen LogP contribution in [0.2, 0.25) is 0 Å². The number of guanidine groups is 1. The Bertz CT molecular complexity index is 825. The Morgan fingerprint density at radius 3 is 2.40 bits per heavy atom. The molecule has 0 aromatic heterocycles. The summed E-state index contributed by atoms with van der Waals surface area (Å²) in [7, 11) is 0. The summed E-state index contributed by atoms with van der Waals surface area (Å²) in [6.45, 7) is 7.28. The Balaban J connectivity index is 2.68. The molecule has 35 heavy (non-hydrogen) atoms. The highest BCUT2D eigenvalue weighted by Crippen LogP contribution is 2.23. The maximum Gasteiger partial charge on any atom is 0.242 e. The number of hydrogen-bond donors (Lipinski definition) is 8. The van der Waals surface area contributed by atoms with Crippen LogP contribution in [0.1, 0.15) is 44.1 Å². The van der Waals surface area contributed by atoms with Crippen LogP contribution in [0.25, 0.3) is 5.57 Å². The van der Waals surface area contributed by atoms with Gasteiger partial charge in [0.25, 0.3) is 0 Å². The van der Waals surface area contributed by atoms with Gasteiger partial charge >= 0.3 is 0 Å². The van der Waals surface area contributed by atoms with Crippen LogP contribution in [0.3, 0.4) is 0 Å². The van der Waals surface area contributed by atoms with Gasteiger partial charge in [0.15, 0.2) is 5.96 Å². The molecule has 1 aromatic carbocycles. The first-order valence-corrected chi connectivity index (χ1v) is 12.1. The molecule has 1 rings (SSSR count). The van der Waals surface area contributed by atoms with Crippen LogP contribution in [-0.4, -0.2) is 62.6 Å². The number of para-hydroxylation sites is 1. The summed E-state index contributed by atoms with van der Waals surface area (Å²) < 4.78 is 0. The highest BCUT2D eigenvalue weighted by Gasteiger charge is 2.25. The number of unbranched alkanes of at least 4 members (excludes halogenated alkanes) is 1. The van der Waals surface area contributed by atoms with Gasteiger partial charge in [0.05, 0.1) is 6.04 Å². The van der Waals surface area contributed by atoms with Gasteiger partial charge in [-0.3, -0.25) is 14.6 Å². The summed E-state index contributed by atoms with van der Waals surface area (Å²) in [5.41, 5.74) is 30.1. The largest absolute Gasteiger partial charge is 0.398 e. The third-order valence-electron chi connectivity index (χ3n) is 5.37. The number of hydrogen-bond acceptors (Lipinski definition) is 7. The van der Waals surface area contributed by atoms with Gasteiger partial charge in [0.1, 0.15) is 6.04 Å². The number of aliphatic imine (C=N–C) groups is 1. The molecule has 0 spiro atoms. The SMILES string of the molecule is C=C(CC(NC(=O)C(N)CCCN=C(N)N)C(=O)NCCCNCCCCN)c1ccccc1N. The monoisotopic (exact) mass is 489 g/mol. The predicted octanol–water partition coefficient (Wildman–Crippen LogP) is -0.627. The summed E-state index contributed by atoms with van der Waals surface area (Å²) >= 11 is 0. The maximum absolute atomic E-state index is 12.9. The average Bonchev–Trinajstić information content (AvgIpc) is 2.82. The quantitative estimate of drug-likeness (QED) is 0.0574. The smallest absolute Gasteiger partial charge is 0.242 e. The van der Waals surface area contributed by atoms with Crippen molar-refractivity contribution in [2.75, 3.05) is 38.5 Å². The van der Waals surface area contributed by atoms with Crippen molar-refractivity contribution in [3.63, 3.8) is 0 Å². The molecule has 1 aromatic rings. The Kier molecular flexibility index (Phi) is 14.8. The van der Waals surface area contributed by atoms with E-state index in [9.17, 15) is 9.59 Å². The van der Waals surface area contributed by atoms with Crippen molar-refractivity contribution < 1.29 is 9.59 Å². The van der Waals surface area contributed by atoms with E-state index in [0.29, 0.717) is 43.7 Å². The minimum atomic E-state index is -0.837. The first-order valence-electron chi connectivity index (χ1n) is 12.1. The summed E-state index contributed by atoms with van der Waals surface area (Å²) in [6.07, 6.45) is 3.87. The van der Waals surface area contributed by atoms with E-state index in [0.717, 1.165) is 37.9 Å². The molecule has 2 atom stereocenters. The molecule has 0 aliphatic heterocycles. The van der Waals surface area contributed by atoms with Crippen molar-refractivity contribution in [2.45, 2.75) is 50.6 Å². The van der Waals surface area contributed by atoms with E-state index < -0.39 is 18.0 Å². The Morgan fingerprint density at radius 2 is 1.71 bits per heavy atom. The summed E-state index contributed by atoms with van der Waals surface area (Å²) in [6, 6.07) is 5.63. The molecular formula is C24H43N9O2. The van der Waals surface area contributed by atoms with Crippen LogP contribution in [-0.2, 0) is 9.59 Å². The van der Waals surface area contributed by atoms with E-state index in [4.69, 9.17) is 28.7 Å². The predicted molar refractivity (Wildman–Crippen MR) is 143 cm³/mol. The lowest BCUT2D eigenvalue weighted by Gasteiger charge is -2.22. The normalized spacial score (nSPS) is 12.4. The molecule has 13 N–H and O–H groups in total. The second-order valence-corrected chi connectivity index (χ2v) is 8.40. The number of carbonyl (C=O) groups excluding carboxylic acids is 2. The van der Waals surface area contributed by atoms with E-state index in [1.54, 1.807) is 6.07 Å². The third kappa shape index (κ3) is 12.8. The zero-order valence-electron chi connectivity index (χ0n) is 20.6. The van der Waals surface area contributed by atoms with E-state index in [1.807, 2.05) is 18.2 Å². The first-order chi connectivity index (χ1) is 16.8. The van der Waals surface area contributed by atoms with Crippen molar-refractivity contribution >= 4 is 29.0 Å². The fraction of sp³-hybridized carbons (Fsp3) is 0.542. The minimum Gasteiger partial charge on any atom is -0.398 e. The lowest BCUT2D eigenvalue weighted by Crippen LogP contribution is -2.51. The standard InChI is InChI=1S/C24H43N9O2/c1-17(18-8-2-3-9-19(18)26)16-21(23(35)31-15-7-13-30-12-5-4-11-25)33-22(34)20(27)10-6-14-32-24(28)29/h2-3,8-9,20-21,30H,1,4-7,10-16,25-27H2,(H,31,35)(H,33,34)(H4,28,29,32). The molecule has 0 radical (unpaired) electrons. The van der Waals surface area contributed by atoms with Crippen molar-refractivity contribution in [1.29, 1.82) is 0 Å². The highest BCUT2D eigenvalue weighted by molar-refractivity contribution is 5.91. The highest BCUT2D eigenvalue weighted by atomic mass is 16.2. The van der Waals surface area contributed by atoms with E-state index in [-0.39, 0.29) is 18.3 Å². The second kappa shape index (κ2) is 17.3. The number of anilines is 1. The van der Waals surface area contributed by atoms with Gasteiger partial charge < -0.3 is 44.6 Å². The van der Waals surface area contributed by atoms with E-state index in [1.165, 1.54) is 0 Å². The van der Waals surface area contributed by atoms with Crippen molar-refractivity contribution in [2.24, 2.45) is 27.9 Å². The van der Waals surface area contributed by atoms with Crippen molar-refractivity contribution in [3.8, 4) is 0 Å². The van der Waals surface area contributed by atoms with Crippen LogP contribution in [0, 0.1) is 0 Å². The van der Waals surface area contributed by atoms with Gasteiger partial charge in [-0.1, -0.05) is 24.8 Å². The topological polar surface area (TPSA) is 213 Å². The number of nitrogen functional groups attached to an aromatic ring is 1. The zero-order valence-corrected chi connectivity index (χ0v) is 20.6. The van der Waals surface area contributed by atoms with Crippen LogP contribution >= 0.6 is 0 Å². The molecule has 11 nitrogen and oxygen atoms in total. The van der Waals surface area contributed by atoms with Gasteiger partial charge in [0.2, 0.25) is 11.8 Å². The van der Waals surface area contributed by atoms with Crippen LogP contribution < -0.4 is 44.6 Å². The molecule has 11 heteroatoms. The number of rotatable bonds is 18. The van der Waals surface area contributed by atoms with Gasteiger partial charge in [-0.25, -0.2) is 0 Å².